The maximum Gasteiger partial charge on any atom is -0.0317 e. The molecule has 0 saturated heterocycles. The highest BCUT2D eigenvalue weighted by Gasteiger charge is 2.10. The lowest BCUT2D eigenvalue weighted by molar-refractivity contribution is 0.359. The molecule has 16 heavy (non-hydrogen) atoms. The molecule has 0 aromatic rings. The van der Waals surface area contributed by atoms with Gasteiger partial charge in [0, 0.05) is 0 Å². The van der Waals surface area contributed by atoms with Crippen molar-refractivity contribution < 1.29 is 0 Å². The first kappa shape index (κ1) is 15.7. The van der Waals surface area contributed by atoms with Crippen molar-refractivity contribution in [1.82, 2.24) is 0 Å². The monoisotopic (exact) mass is 224 g/mol. The molecule has 0 radical (unpaired) electrons. The van der Waals surface area contributed by atoms with Crippen LogP contribution < -0.4 is 0 Å². The van der Waals surface area contributed by atoms with E-state index in [1.807, 2.05) is 0 Å². The summed E-state index contributed by atoms with van der Waals surface area (Å²) in [6.45, 7) is 11.6. The Bertz CT molecular complexity index is 176. The van der Waals surface area contributed by atoms with Crippen LogP contribution in [0.2, 0.25) is 0 Å². The normalized spacial score (nSPS) is 14.5. The van der Waals surface area contributed by atoms with E-state index in [4.69, 9.17) is 0 Å². The predicted molar refractivity (Wildman–Crippen MR) is 75.8 cm³/mol. The Morgan fingerprint density at radius 2 is 1.75 bits per heavy atom. The molecular weight excluding hydrogens is 192 g/mol. The van der Waals surface area contributed by atoms with E-state index in [9.17, 15) is 0 Å². The number of unbranched alkanes of at least 4 members (excludes halogenated alkanes) is 1. The van der Waals surface area contributed by atoms with Gasteiger partial charge >= 0.3 is 0 Å². The van der Waals surface area contributed by atoms with E-state index >= 15 is 0 Å². The van der Waals surface area contributed by atoms with E-state index in [2.05, 4.69) is 40.7 Å². The summed E-state index contributed by atoms with van der Waals surface area (Å²) in [5, 5.41) is 0. The highest BCUT2D eigenvalue weighted by atomic mass is 14.2. The number of rotatable bonds is 9. The average molecular weight is 224 g/mol. The van der Waals surface area contributed by atoms with Crippen molar-refractivity contribution in [2.45, 2.75) is 79.6 Å². The Morgan fingerprint density at radius 1 is 1.06 bits per heavy atom. The molecular formula is C16H32. The number of allylic oxidation sites excluding steroid dienone is 2. The summed E-state index contributed by atoms with van der Waals surface area (Å²) in [5.74, 6) is 1.73. The van der Waals surface area contributed by atoms with Crippen LogP contribution in [0, 0.1) is 11.8 Å². The van der Waals surface area contributed by atoms with Crippen molar-refractivity contribution in [3.05, 3.63) is 11.6 Å². The van der Waals surface area contributed by atoms with Crippen LogP contribution in [0.25, 0.3) is 0 Å². The van der Waals surface area contributed by atoms with Gasteiger partial charge in [0.2, 0.25) is 0 Å². The van der Waals surface area contributed by atoms with Crippen LogP contribution in [-0.4, -0.2) is 0 Å². The van der Waals surface area contributed by atoms with Crippen LogP contribution >= 0.6 is 0 Å². The van der Waals surface area contributed by atoms with Gasteiger partial charge in [0.15, 0.2) is 0 Å². The van der Waals surface area contributed by atoms with E-state index in [1.165, 1.54) is 44.9 Å². The molecule has 0 heterocycles. The third-order valence-electron chi connectivity index (χ3n) is 3.62. The molecule has 96 valence electrons. The van der Waals surface area contributed by atoms with Gasteiger partial charge in [-0.2, -0.15) is 0 Å². The maximum atomic E-state index is 2.54. The first-order chi connectivity index (χ1) is 7.65. The van der Waals surface area contributed by atoms with Crippen molar-refractivity contribution >= 4 is 0 Å². The quantitative estimate of drug-likeness (QED) is 0.423. The van der Waals surface area contributed by atoms with Gasteiger partial charge in [-0.15, -0.1) is 0 Å². The van der Waals surface area contributed by atoms with Gasteiger partial charge in [0.1, 0.15) is 0 Å². The average Bonchev–Trinajstić information content (AvgIpc) is 2.27. The molecule has 0 amide bonds. The predicted octanol–water partition coefficient (Wildman–Crippen LogP) is 5.98. The number of hydrogen-bond donors (Lipinski definition) is 0. The van der Waals surface area contributed by atoms with Gasteiger partial charge in [-0.3, -0.25) is 0 Å². The fraction of sp³-hybridized carbons (Fsp3) is 0.875. The molecule has 1 unspecified atom stereocenters. The molecule has 0 fully saturated rings. The lowest BCUT2D eigenvalue weighted by atomic mass is 9.87. The van der Waals surface area contributed by atoms with Gasteiger partial charge in [0.05, 0.1) is 0 Å². The topological polar surface area (TPSA) is 0 Å². The maximum absolute atomic E-state index is 2.54. The van der Waals surface area contributed by atoms with Crippen LogP contribution in [0.15, 0.2) is 11.6 Å². The Morgan fingerprint density at radius 3 is 2.19 bits per heavy atom. The first-order valence-corrected chi connectivity index (χ1v) is 7.33. The number of hydrogen-bond acceptors (Lipinski definition) is 0. The summed E-state index contributed by atoms with van der Waals surface area (Å²) >= 11 is 0. The largest absolute Gasteiger partial charge is 0.0851 e. The second kappa shape index (κ2) is 9.93. The molecule has 0 N–H and O–H groups in total. The Kier molecular flexibility index (Phi) is 9.77. The van der Waals surface area contributed by atoms with Gasteiger partial charge in [-0.05, 0) is 37.5 Å². The van der Waals surface area contributed by atoms with Crippen LogP contribution in [0.5, 0.6) is 0 Å². The standard InChI is InChI=1S/C16H32/c1-6-9-11-15(8-3)12-13-16(10-7-2)14(4)5/h12,14,16H,6-11,13H2,1-5H3. The van der Waals surface area contributed by atoms with Crippen LogP contribution in [0.1, 0.15) is 79.6 Å². The molecule has 0 rings (SSSR count). The Balaban J connectivity index is 4.14. The molecule has 0 aromatic carbocycles. The Labute approximate surface area is 104 Å². The van der Waals surface area contributed by atoms with Crippen molar-refractivity contribution in [1.29, 1.82) is 0 Å². The fourth-order valence-electron chi connectivity index (χ4n) is 2.24. The van der Waals surface area contributed by atoms with Gasteiger partial charge in [-0.1, -0.05) is 65.5 Å². The lowest BCUT2D eigenvalue weighted by Gasteiger charge is -2.19. The van der Waals surface area contributed by atoms with E-state index in [0.29, 0.717) is 0 Å². The molecule has 0 bridgehead atoms. The third-order valence-corrected chi connectivity index (χ3v) is 3.62. The van der Waals surface area contributed by atoms with Gasteiger partial charge < -0.3 is 0 Å². The molecule has 0 nitrogen and oxygen atoms in total. The van der Waals surface area contributed by atoms with Crippen LogP contribution in [-0.2, 0) is 0 Å². The van der Waals surface area contributed by atoms with Crippen molar-refractivity contribution in [3.63, 3.8) is 0 Å². The summed E-state index contributed by atoms with van der Waals surface area (Å²) in [6, 6.07) is 0. The molecule has 0 aliphatic carbocycles. The summed E-state index contributed by atoms with van der Waals surface area (Å²) in [5.41, 5.74) is 1.68. The molecule has 0 heteroatoms. The first-order valence-electron chi connectivity index (χ1n) is 7.33. The molecule has 0 spiro atoms. The van der Waals surface area contributed by atoms with Crippen molar-refractivity contribution in [3.8, 4) is 0 Å². The highest BCUT2D eigenvalue weighted by molar-refractivity contribution is 5.01. The van der Waals surface area contributed by atoms with Gasteiger partial charge in [-0.25, -0.2) is 0 Å². The summed E-state index contributed by atoms with van der Waals surface area (Å²) in [6.07, 6.45) is 11.8. The summed E-state index contributed by atoms with van der Waals surface area (Å²) in [7, 11) is 0. The molecule has 0 aliphatic heterocycles. The third kappa shape index (κ3) is 7.09. The fourth-order valence-corrected chi connectivity index (χ4v) is 2.24. The lowest BCUT2D eigenvalue weighted by Crippen LogP contribution is -2.07. The minimum Gasteiger partial charge on any atom is -0.0851 e. The molecule has 0 saturated carbocycles. The van der Waals surface area contributed by atoms with E-state index in [-0.39, 0.29) is 0 Å². The second-order valence-corrected chi connectivity index (χ2v) is 5.35. The molecule has 0 aliphatic rings. The van der Waals surface area contributed by atoms with Crippen LogP contribution in [0.3, 0.4) is 0 Å². The van der Waals surface area contributed by atoms with E-state index in [1.54, 1.807) is 5.57 Å². The zero-order valence-electron chi connectivity index (χ0n) is 12.2. The summed E-state index contributed by atoms with van der Waals surface area (Å²) in [4.78, 5) is 0. The summed E-state index contributed by atoms with van der Waals surface area (Å²) < 4.78 is 0. The smallest absolute Gasteiger partial charge is 0.0317 e. The second-order valence-electron chi connectivity index (χ2n) is 5.35. The SMILES string of the molecule is CCCCC(=CCC(CCC)C(C)C)CC. The highest BCUT2D eigenvalue weighted by Crippen LogP contribution is 2.23. The van der Waals surface area contributed by atoms with Gasteiger partial charge in [0.25, 0.3) is 0 Å². The van der Waals surface area contributed by atoms with Crippen LogP contribution in [0.4, 0.5) is 0 Å². The molecule has 0 aromatic heterocycles. The van der Waals surface area contributed by atoms with E-state index in [0.717, 1.165) is 11.8 Å². The minimum absolute atomic E-state index is 0.834. The zero-order chi connectivity index (χ0) is 12.4. The Hall–Kier alpha value is -0.260. The minimum atomic E-state index is 0.834. The van der Waals surface area contributed by atoms with Crippen molar-refractivity contribution in [2.75, 3.05) is 0 Å². The van der Waals surface area contributed by atoms with E-state index < -0.39 is 0 Å². The molecule has 1 atom stereocenters. The van der Waals surface area contributed by atoms with Crippen molar-refractivity contribution in [2.24, 2.45) is 11.8 Å². The zero-order valence-corrected chi connectivity index (χ0v) is 12.2.